The summed E-state index contributed by atoms with van der Waals surface area (Å²) in [7, 11) is 3.01. The lowest BCUT2D eigenvalue weighted by atomic mass is 10.0. The number of aryl methyl sites for hydroxylation is 2. The van der Waals surface area contributed by atoms with Crippen molar-refractivity contribution < 1.29 is 9.32 Å². The van der Waals surface area contributed by atoms with Gasteiger partial charge in [-0.3, -0.25) is 18.7 Å². The van der Waals surface area contributed by atoms with Gasteiger partial charge in [-0.2, -0.15) is 4.98 Å². The average Bonchev–Trinajstić information content (AvgIpc) is 3.32. The number of aromatic nitrogens is 6. The maximum atomic E-state index is 12.6. The summed E-state index contributed by atoms with van der Waals surface area (Å²) >= 11 is 0. The van der Waals surface area contributed by atoms with E-state index in [1.165, 1.54) is 17.9 Å². The van der Waals surface area contributed by atoms with Gasteiger partial charge in [-0.05, 0) is 25.2 Å². The number of nitrogens with zero attached hydrogens (tertiary/aromatic N) is 6. The molecule has 1 amide bonds. The van der Waals surface area contributed by atoms with Crippen LogP contribution in [0.1, 0.15) is 63.2 Å². The molecule has 0 aromatic carbocycles. The lowest BCUT2D eigenvalue weighted by Gasteiger charge is -2.18. The zero-order valence-corrected chi connectivity index (χ0v) is 18.2. The first kappa shape index (κ1) is 21.0. The fourth-order valence-corrected chi connectivity index (χ4v) is 3.62. The highest BCUT2D eigenvalue weighted by Crippen LogP contribution is 2.38. The van der Waals surface area contributed by atoms with Gasteiger partial charge in [0.1, 0.15) is 6.04 Å². The summed E-state index contributed by atoms with van der Waals surface area (Å²) in [5.41, 5.74) is -0.140. The largest absolute Gasteiger partial charge is 0.344 e. The second-order valence-corrected chi connectivity index (χ2v) is 8.47. The van der Waals surface area contributed by atoms with E-state index in [-0.39, 0.29) is 24.3 Å². The summed E-state index contributed by atoms with van der Waals surface area (Å²) in [5.74, 6) is 1.51. The quantitative estimate of drug-likeness (QED) is 0.565. The minimum atomic E-state index is -0.423. The molecule has 3 heterocycles. The van der Waals surface area contributed by atoms with Crippen molar-refractivity contribution in [3.05, 3.63) is 38.9 Å². The molecule has 0 saturated heterocycles. The monoisotopic (exact) mass is 429 g/mol. The van der Waals surface area contributed by atoms with Gasteiger partial charge in [-0.1, -0.05) is 19.0 Å². The molecule has 1 saturated carbocycles. The van der Waals surface area contributed by atoms with Crippen molar-refractivity contribution in [3.8, 4) is 0 Å². The molecule has 31 heavy (non-hydrogen) atoms. The minimum absolute atomic E-state index is 0.0957. The van der Waals surface area contributed by atoms with Crippen LogP contribution in [0.15, 0.2) is 20.4 Å². The average molecular weight is 429 g/mol. The number of amides is 1. The molecule has 1 N–H and O–H groups in total. The molecule has 3 aromatic heterocycles. The number of carbonyl (C=O) groups excluding carboxylic acids is 1. The van der Waals surface area contributed by atoms with Crippen LogP contribution in [0.3, 0.4) is 0 Å². The van der Waals surface area contributed by atoms with Gasteiger partial charge in [0.25, 0.3) is 5.56 Å². The Balaban J connectivity index is 1.40. The van der Waals surface area contributed by atoms with Crippen molar-refractivity contribution in [1.29, 1.82) is 0 Å². The summed E-state index contributed by atoms with van der Waals surface area (Å²) < 4.78 is 9.48. The van der Waals surface area contributed by atoms with Crippen LogP contribution in [0.2, 0.25) is 0 Å². The fourth-order valence-electron chi connectivity index (χ4n) is 3.62. The number of hydrogen-bond acceptors (Lipinski definition) is 7. The molecule has 1 aliphatic rings. The predicted molar refractivity (Wildman–Crippen MR) is 111 cm³/mol. The van der Waals surface area contributed by atoms with Gasteiger partial charge in [-0.25, -0.2) is 9.78 Å². The Kier molecular flexibility index (Phi) is 5.50. The van der Waals surface area contributed by atoms with E-state index in [0.717, 1.165) is 23.2 Å². The maximum Gasteiger partial charge on any atom is 0.332 e. The Morgan fingerprint density at radius 1 is 1.26 bits per heavy atom. The Hall–Kier alpha value is -3.24. The highest BCUT2D eigenvalue weighted by molar-refractivity contribution is 5.76. The lowest BCUT2D eigenvalue weighted by molar-refractivity contribution is -0.122. The maximum absolute atomic E-state index is 12.6. The van der Waals surface area contributed by atoms with E-state index in [1.54, 1.807) is 11.6 Å². The summed E-state index contributed by atoms with van der Waals surface area (Å²) in [4.78, 5) is 45.8. The van der Waals surface area contributed by atoms with Gasteiger partial charge in [0.05, 0.1) is 6.33 Å². The van der Waals surface area contributed by atoms with E-state index in [4.69, 9.17) is 4.52 Å². The Bertz CT molecular complexity index is 1230. The normalized spacial score (nSPS) is 15.0. The van der Waals surface area contributed by atoms with Crippen molar-refractivity contribution in [1.82, 2.24) is 34.1 Å². The molecule has 0 bridgehead atoms. The van der Waals surface area contributed by atoms with E-state index in [1.807, 2.05) is 13.8 Å². The van der Waals surface area contributed by atoms with E-state index in [0.29, 0.717) is 35.9 Å². The van der Waals surface area contributed by atoms with Crippen LogP contribution in [0.25, 0.3) is 11.2 Å². The number of imidazole rings is 1. The standard InChI is InChI=1S/C20H27N7O4/c1-11(2)14(18-23-16(24-31-18)12-7-8-12)22-13(28)6-5-9-27-10-21-17-15(27)19(29)26(4)20(30)25(17)3/h10-12,14H,5-9H2,1-4H3,(H,22,28). The molecule has 11 heteroatoms. The minimum Gasteiger partial charge on any atom is -0.344 e. The van der Waals surface area contributed by atoms with E-state index in [9.17, 15) is 14.4 Å². The Labute approximate surface area is 178 Å². The van der Waals surface area contributed by atoms with Crippen molar-refractivity contribution in [2.45, 2.75) is 58.0 Å². The van der Waals surface area contributed by atoms with Crippen LogP contribution in [-0.4, -0.2) is 34.7 Å². The molecule has 0 spiro atoms. The van der Waals surface area contributed by atoms with Gasteiger partial charge in [0.15, 0.2) is 17.0 Å². The Morgan fingerprint density at radius 3 is 2.68 bits per heavy atom. The molecule has 11 nitrogen and oxygen atoms in total. The molecule has 1 fully saturated rings. The summed E-state index contributed by atoms with van der Waals surface area (Å²) in [6.45, 7) is 4.41. The molecule has 4 rings (SSSR count). The molecular formula is C20H27N7O4. The van der Waals surface area contributed by atoms with Crippen molar-refractivity contribution in [2.75, 3.05) is 0 Å². The molecular weight excluding hydrogens is 402 g/mol. The molecule has 3 aromatic rings. The topological polar surface area (TPSA) is 130 Å². The first-order chi connectivity index (χ1) is 14.8. The third-order valence-corrected chi connectivity index (χ3v) is 5.67. The van der Waals surface area contributed by atoms with E-state index < -0.39 is 11.2 Å². The highest BCUT2D eigenvalue weighted by atomic mass is 16.5. The third kappa shape index (κ3) is 4.04. The second kappa shape index (κ2) is 8.12. The first-order valence-electron chi connectivity index (χ1n) is 10.5. The smallest absolute Gasteiger partial charge is 0.332 e. The number of fused-ring (bicyclic) bond motifs is 1. The van der Waals surface area contributed by atoms with Crippen LogP contribution in [0.5, 0.6) is 0 Å². The zero-order chi connectivity index (χ0) is 22.3. The molecule has 0 aliphatic heterocycles. The first-order valence-corrected chi connectivity index (χ1v) is 10.5. The van der Waals surface area contributed by atoms with Gasteiger partial charge in [0.2, 0.25) is 11.8 Å². The molecule has 1 atom stereocenters. The Morgan fingerprint density at radius 2 is 2.00 bits per heavy atom. The SMILES string of the molecule is CC(C)C(NC(=O)CCCn1cnc2c1c(=O)n(C)c(=O)n2C)c1nc(C2CC2)no1. The van der Waals surface area contributed by atoms with E-state index in [2.05, 4.69) is 20.4 Å². The summed E-state index contributed by atoms with van der Waals surface area (Å²) in [6.07, 6.45) is 4.46. The van der Waals surface area contributed by atoms with Crippen LogP contribution < -0.4 is 16.6 Å². The van der Waals surface area contributed by atoms with Crippen molar-refractivity contribution in [3.63, 3.8) is 0 Å². The van der Waals surface area contributed by atoms with Crippen LogP contribution in [0.4, 0.5) is 0 Å². The molecule has 1 unspecified atom stereocenters. The van der Waals surface area contributed by atoms with Gasteiger partial charge >= 0.3 is 5.69 Å². The summed E-state index contributed by atoms with van der Waals surface area (Å²) in [5, 5.41) is 7.03. The molecule has 0 radical (unpaired) electrons. The number of carbonyl (C=O) groups is 1. The van der Waals surface area contributed by atoms with Crippen molar-refractivity contribution in [2.24, 2.45) is 20.0 Å². The molecule has 166 valence electrons. The molecule has 1 aliphatic carbocycles. The predicted octanol–water partition coefficient (Wildman–Crippen LogP) is 0.988. The van der Waals surface area contributed by atoms with Gasteiger partial charge in [-0.15, -0.1) is 0 Å². The number of hydrogen-bond donors (Lipinski definition) is 1. The number of nitrogens with one attached hydrogen (secondary N) is 1. The number of rotatable bonds is 8. The van der Waals surface area contributed by atoms with E-state index >= 15 is 0 Å². The summed E-state index contributed by atoms with van der Waals surface area (Å²) in [6, 6.07) is -0.344. The zero-order valence-electron chi connectivity index (χ0n) is 18.2. The van der Waals surface area contributed by atoms with Crippen LogP contribution >= 0.6 is 0 Å². The van der Waals surface area contributed by atoms with Crippen LogP contribution in [-0.2, 0) is 25.4 Å². The van der Waals surface area contributed by atoms with Gasteiger partial charge < -0.3 is 14.4 Å². The fraction of sp³-hybridized carbons (Fsp3) is 0.600. The van der Waals surface area contributed by atoms with Crippen molar-refractivity contribution >= 4 is 17.1 Å². The highest BCUT2D eigenvalue weighted by Gasteiger charge is 2.31. The van der Waals surface area contributed by atoms with Crippen LogP contribution in [0, 0.1) is 5.92 Å². The third-order valence-electron chi connectivity index (χ3n) is 5.67. The second-order valence-electron chi connectivity index (χ2n) is 8.47. The van der Waals surface area contributed by atoms with Gasteiger partial charge in [0, 0.05) is 33.0 Å². The lowest BCUT2D eigenvalue weighted by Crippen LogP contribution is -2.37.